The first-order valence-electron chi connectivity index (χ1n) is 12.0. The predicted octanol–water partition coefficient (Wildman–Crippen LogP) is 8.60. The first-order chi connectivity index (χ1) is 15.3. The molecular weight excluding hydrogens is 410 g/mol. The molecule has 0 fully saturated rings. The van der Waals surface area contributed by atoms with Gasteiger partial charge in [-0.25, -0.2) is 4.98 Å². The smallest absolute Gasteiger partial charge is 0.222 e. The molecule has 0 bridgehead atoms. The molecule has 1 unspecified atom stereocenters. The van der Waals surface area contributed by atoms with Crippen molar-refractivity contribution in [1.82, 2.24) is 4.98 Å². The van der Waals surface area contributed by atoms with Gasteiger partial charge in [-0.05, 0) is 43.0 Å². The van der Waals surface area contributed by atoms with Crippen LogP contribution in [0.4, 0.5) is 0 Å². The fraction of sp³-hybridized carbons (Fsp3) is 0.464. The van der Waals surface area contributed by atoms with Crippen LogP contribution in [-0.4, -0.2) is 13.3 Å². The Kier molecular flexibility index (Phi) is 8.49. The third-order valence-electron chi connectivity index (χ3n) is 6.63. The summed E-state index contributed by atoms with van der Waals surface area (Å²) in [5.41, 5.74) is 3.39. The average molecular weight is 450 g/mol. The van der Waals surface area contributed by atoms with Crippen LogP contribution in [0.2, 0.25) is 18.1 Å². The van der Waals surface area contributed by atoms with Crippen LogP contribution in [0.3, 0.4) is 0 Å². The number of unbranched alkanes of at least 4 members (excludes halogenated alkanes) is 3. The van der Waals surface area contributed by atoms with Crippen molar-refractivity contribution in [1.29, 1.82) is 0 Å². The molecule has 0 aliphatic heterocycles. The zero-order chi connectivity index (χ0) is 23.0. The Balaban J connectivity index is 1.60. The third-order valence-corrected chi connectivity index (χ3v) is 11.1. The number of oxazole rings is 1. The highest BCUT2D eigenvalue weighted by Gasteiger charge is 2.40. The topological polar surface area (TPSA) is 35.3 Å². The highest BCUT2D eigenvalue weighted by molar-refractivity contribution is 6.74. The highest BCUT2D eigenvalue weighted by Crippen LogP contribution is 2.41. The Morgan fingerprint density at radius 2 is 1.50 bits per heavy atom. The number of hydrogen-bond acceptors (Lipinski definition) is 3. The molecule has 0 N–H and O–H groups in total. The Morgan fingerprint density at radius 3 is 2.16 bits per heavy atom. The Hall–Kier alpha value is -2.17. The lowest BCUT2D eigenvalue weighted by molar-refractivity contribution is 0.138. The van der Waals surface area contributed by atoms with Crippen molar-refractivity contribution < 1.29 is 8.84 Å². The Labute approximate surface area is 195 Å². The summed E-state index contributed by atoms with van der Waals surface area (Å²) in [6.07, 6.45) is 8.59. The van der Waals surface area contributed by atoms with E-state index in [1.54, 1.807) is 6.26 Å². The van der Waals surface area contributed by atoms with E-state index in [1.165, 1.54) is 24.8 Å². The van der Waals surface area contributed by atoms with Gasteiger partial charge in [-0.15, -0.1) is 0 Å². The molecule has 0 amide bonds. The van der Waals surface area contributed by atoms with Crippen molar-refractivity contribution in [2.45, 2.75) is 83.5 Å². The largest absolute Gasteiger partial charge is 0.446 e. The molecule has 2 aromatic carbocycles. The summed E-state index contributed by atoms with van der Waals surface area (Å²) < 4.78 is 12.8. The first kappa shape index (κ1) is 24.5. The van der Waals surface area contributed by atoms with Crippen LogP contribution < -0.4 is 0 Å². The van der Waals surface area contributed by atoms with Gasteiger partial charge in [0.2, 0.25) is 5.89 Å². The van der Waals surface area contributed by atoms with Crippen LogP contribution in [0, 0.1) is 0 Å². The normalized spacial score (nSPS) is 13.3. The summed E-state index contributed by atoms with van der Waals surface area (Å²) in [7, 11) is -1.94. The lowest BCUT2D eigenvalue weighted by atomic mass is 10.0. The van der Waals surface area contributed by atoms with Gasteiger partial charge in [0.15, 0.2) is 8.32 Å². The molecule has 1 aromatic heterocycles. The van der Waals surface area contributed by atoms with Gasteiger partial charge in [-0.2, -0.15) is 0 Å². The van der Waals surface area contributed by atoms with Gasteiger partial charge in [0.25, 0.3) is 0 Å². The van der Waals surface area contributed by atoms with Crippen LogP contribution in [0.1, 0.15) is 70.4 Å². The van der Waals surface area contributed by atoms with Gasteiger partial charge in [0.05, 0.1) is 0 Å². The standard InChI is InChI=1S/C28H39NO2Si/c1-28(2,3)32(4,5)31-26(21-15-7-6-10-16-23-17-11-8-12-18-23)27-29-25(22-30-27)24-19-13-9-14-20-24/h8-9,11-14,17-20,22,26H,6-7,10,15-16,21H2,1-5H3. The number of aryl methyl sites for hydroxylation is 1. The zero-order valence-electron chi connectivity index (χ0n) is 20.4. The fourth-order valence-corrected chi connectivity index (χ4v) is 4.88. The summed E-state index contributed by atoms with van der Waals surface area (Å²) in [5, 5.41) is 0.149. The quantitative estimate of drug-likeness (QED) is 0.217. The van der Waals surface area contributed by atoms with Gasteiger partial charge in [-0.3, -0.25) is 0 Å². The average Bonchev–Trinajstić information content (AvgIpc) is 3.26. The van der Waals surface area contributed by atoms with E-state index in [4.69, 9.17) is 13.8 Å². The third kappa shape index (κ3) is 6.91. The van der Waals surface area contributed by atoms with E-state index >= 15 is 0 Å². The summed E-state index contributed by atoms with van der Waals surface area (Å²) in [4.78, 5) is 4.83. The van der Waals surface area contributed by atoms with Crippen LogP contribution in [0.25, 0.3) is 11.3 Å². The minimum Gasteiger partial charge on any atom is -0.446 e. The molecule has 1 atom stereocenters. The molecule has 0 aliphatic carbocycles. The molecular formula is C28H39NO2Si. The van der Waals surface area contributed by atoms with Crippen molar-refractivity contribution in [2.75, 3.05) is 0 Å². The van der Waals surface area contributed by atoms with E-state index in [9.17, 15) is 0 Å². The summed E-state index contributed by atoms with van der Waals surface area (Å²) in [6.45, 7) is 11.5. The highest BCUT2D eigenvalue weighted by atomic mass is 28.4. The van der Waals surface area contributed by atoms with E-state index in [-0.39, 0.29) is 11.1 Å². The lowest BCUT2D eigenvalue weighted by Gasteiger charge is -2.38. The first-order valence-corrected chi connectivity index (χ1v) is 14.9. The van der Waals surface area contributed by atoms with E-state index < -0.39 is 8.32 Å². The van der Waals surface area contributed by atoms with E-state index in [1.807, 2.05) is 18.2 Å². The molecule has 0 saturated heterocycles. The van der Waals surface area contributed by atoms with E-state index in [0.717, 1.165) is 36.4 Å². The van der Waals surface area contributed by atoms with Crippen molar-refractivity contribution >= 4 is 8.32 Å². The van der Waals surface area contributed by atoms with Crippen molar-refractivity contribution in [3.8, 4) is 11.3 Å². The number of aromatic nitrogens is 1. The number of benzene rings is 2. The molecule has 3 aromatic rings. The maximum atomic E-state index is 6.80. The summed E-state index contributed by atoms with van der Waals surface area (Å²) >= 11 is 0. The maximum absolute atomic E-state index is 6.80. The lowest BCUT2D eigenvalue weighted by Crippen LogP contribution is -2.41. The monoisotopic (exact) mass is 449 g/mol. The van der Waals surface area contributed by atoms with Gasteiger partial charge in [0.1, 0.15) is 18.1 Å². The molecule has 4 heteroatoms. The second-order valence-electron chi connectivity index (χ2n) is 10.2. The van der Waals surface area contributed by atoms with Crippen molar-refractivity contribution in [3.05, 3.63) is 78.4 Å². The fourth-order valence-electron chi connectivity index (χ4n) is 3.60. The number of hydrogen-bond donors (Lipinski definition) is 0. The maximum Gasteiger partial charge on any atom is 0.222 e. The molecule has 3 nitrogen and oxygen atoms in total. The number of nitrogens with zero attached hydrogens (tertiary/aromatic N) is 1. The zero-order valence-corrected chi connectivity index (χ0v) is 21.4. The van der Waals surface area contributed by atoms with Crippen LogP contribution in [0.15, 0.2) is 71.3 Å². The predicted molar refractivity (Wildman–Crippen MR) is 136 cm³/mol. The van der Waals surface area contributed by atoms with Gasteiger partial charge < -0.3 is 8.84 Å². The molecule has 1 heterocycles. The molecule has 0 aliphatic rings. The summed E-state index contributed by atoms with van der Waals surface area (Å²) in [6, 6.07) is 21.0. The van der Waals surface area contributed by atoms with Gasteiger partial charge in [-0.1, -0.05) is 101 Å². The Morgan fingerprint density at radius 1 is 0.875 bits per heavy atom. The SMILES string of the molecule is CC(C)(C)[Si](C)(C)OC(CCCCCCc1ccccc1)c1nc(-c2ccccc2)co1. The second-order valence-corrected chi connectivity index (χ2v) is 15.0. The Bertz CT molecular complexity index is 929. The van der Waals surface area contributed by atoms with Crippen LogP contribution >= 0.6 is 0 Å². The van der Waals surface area contributed by atoms with Crippen LogP contribution in [-0.2, 0) is 10.8 Å². The summed E-state index contributed by atoms with van der Waals surface area (Å²) in [5.74, 6) is 0.720. The van der Waals surface area contributed by atoms with Crippen LogP contribution in [0.5, 0.6) is 0 Å². The number of rotatable bonds is 11. The second kappa shape index (κ2) is 11.1. The van der Waals surface area contributed by atoms with E-state index in [2.05, 4.69) is 76.3 Å². The van der Waals surface area contributed by atoms with E-state index in [0.29, 0.717) is 0 Å². The minimum absolute atomic E-state index is 0.0810. The molecule has 172 valence electrons. The molecule has 32 heavy (non-hydrogen) atoms. The minimum atomic E-state index is -1.94. The molecule has 0 spiro atoms. The van der Waals surface area contributed by atoms with Crippen molar-refractivity contribution in [2.24, 2.45) is 0 Å². The van der Waals surface area contributed by atoms with Gasteiger partial charge >= 0.3 is 0 Å². The van der Waals surface area contributed by atoms with Crippen molar-refractivity contribution in [3.63, 3.8) is 0 Å². The molecule has 3 rings (SSSR count). The molecule has 0 radical (unpaired) electrons. The molecule has 0 saturated carbocycles. The van der Waals surface area contributed by atoms with Gasteiger partial charge in [0, 0.05) is 5.56 Å².